The number of furan rings is 1. The van der Waals surface area contributed by atoms with Gasteiger partial charge in [-0.25, -0.2) is 13.8 Å². The first kappa shape index (κ1) is 21.7. The van der Waals surface area contributed by atoms with Gasteiger partial charge < -0.3 is 20.2 Å². The van der Waals surface area contributed by atoms with E-state index >= 15 is 0 Å². The molecule has 0 unspecified atom stereocenters. The lowest BCUT2D eigenvalue weighted by Gasteiger charge is -2.21. The molecule has 7 nitrogen and oxygen atoms in total. The van der Waals surface area contributed by atoms with Crippen molar-refractivity contribution >= 4 is 28.4 Å². The van der Waals surface area contributed by atoms with Gasteiger partial charge in [0.05, 0.1) is 22.7 Å². The van der Waals surface area contributed by atoms with E-state index in [2.05, 4.69) is 20.5 Å². The van der Waals surface area contributed by atoms with Crippen molar-refractivity contribution in [1.29, 1.82) is 0 Å². The van der Waals surface area contributed by atoms with Crippen LogP contribution in [0.1, 0.15) is 30.0 Å². The maximum Gasteiger partial charge on any atom is 0.205 e. The number of H-pyrrole nitrogens is 1. The maximum atomic E-state index is 14.1. The summed E-state index contributed by atoms with van der Waals surface area (Å²) in [7, 11) is 0. The Kier molecular flexibility index (Phi) is 5.90. The van der Waals surface area contributed by atoms with Gasteiger partial charge in [-0.1, -0.05) is 11.6 Å². The van der Waals surface area contributed by atoms with Crippen LogP contribution >= 0.6 is 11.6 Å². The average molecular weight is 474 g/mol. The average Bonchev–Trinajstić information content (AvgIpc) is 3.47. The number of nitrogens with one attached hydrogen (secondary N) is 2. The largest absolute Gasteiger partial charge is 0.486 e. The van der Waals surface area contributed by atoms with Crippen LogP contribution in [-0.4, -0.2) is 34.9 Å². The summed E-state index contributed by atoms with van der Waals surface area (Å²) in [6, 6.07) is 2.03. The second-order valence-electron chi connectivity index (χ2n) is 7.99. The molecule has 0 saturated carbocycles. The molecule has 0 atom stereocenters. The number of ether oxygens (including phenoxy) is 1. The Morgan fingerprint density at radius 3 is 2.79 bits per heavy atom. The number of nitrogen functional groups attached to an aromatic ring is 1. The van der Waals surface area contributed by atoms with Crippen molar-refractivity contribution in [2.45, 2.75) is 25.2 Å². The number of rotatable bonds is 6. The number of halogens is 3. The summed E-state index contributed by atoms with van der Waals surface area (Å²) >= 11 is 5.91. The highest BCUT2D eigenvalue weighted by Crippen LogP contribution is 2.40. The molecule has 1 saturated heterocycles. The van der Waals surface area contributed by atoms with Gasteiger partial charge in [0.1, 0.15) is 17.9 Å². The van der Waals surface area contributed by atoms with Crippen molar-refractivity contribution in [1.82, 2.24) is 20.5 Å². The molecule has 4 heterocycles. The second kappa shape index (κ2) is 8.99. The van der Waals surface area contributed by atoms with E-state index in [0.717, 1.165) is 60.3 Å². The molecule has 5 rings (SSSR count). The number of hydrogen-bond acceptors (Lipinski definition) is 6. The van der Waals surface area contributed by atoms with E-state index in [0.29, 0.717) is 11.5 Å². The predicted octanol–water partition coefficient (Wildman–Crippen LogP) is 4.82. The molecule has 172 valence electrons. The number of nitrogens with zero attached hydrogens (tertiary/aromatic N) is 2. The molecule has 10 heteroatoms. The molecule has 1 aliphatic rings. The van der Waals surface area contributed by atoms with Crippen LogP contribution in [0.2, 0.25) is 5.02 Å². The van der Waals surface area contributed by atoms with Crippen LogP contribution in [-0.2, 0) is 6.42 Å². The molecule has 0 aliphatic carbocycles. The number of aromatic nitrogens is 3. The number of anilines is 1. The first-order valence-corrected chi connectivity index (χ1v) is 11.1. The SMILES string of the molecule is Nc1ncc2c(-c3c[nH]nc3C3CCNCC3)coc2c1OCCc1c(F)ccc(F)c1Cl. The van der Waals surface area contributed by atoms with Crippen molar-refractivity contribution in [3.63, 3.8) is 0 Å². The molecule has 0 bridgehead atoms. The lowest BCUT2D eigenvalue weighted by molar-refractivity contribution is 0.319. The number of benzene rings is 1. The van der Waals surface area contributed by atoms with Crippen LogP contribution in [0.5, 0.6) is 5.75 Å². The lowest BCUT2D eigenvalue weighted by atomic mass is 9.90. The van der Waals surface area contributed by atoms with Gasteiger partial charge >= 0.3 is 0 Å². The lowest BCUT2D eigenvalue weighted by Crippen LogP contribution is -2.27. The fraction of sp³-hybridized carbons (Fsp3) is 0.304. The highest BCUT2D eigenvalue weighted by Gasteiger charge is 2.25. The first-order valence-electron chi connectivity index (χ1n) is 10.7. The Labute approximate surface area is 193 Å². The molecule has 4 N–H and O–H groups in total. The first-order chi connectivity index (χ1) is 16.0. The van der Waals surface area contributed by atoms with Gasteiger partial charge in [-0.05, 0) is 38.1 Å². The van der Waals surface area contributed by atoms with Crippen molar-refractivity contribution in [2.24, 2.45) is 0 Å². The van der Waals surface area contributed by atoms with Gasteiger partial charge in [-0.15, -0.1) is 0 Å². The number of nitrogens with two attached hydrogens (primary N) is 1. The van der Waals surface area contributed by atoms with Crippen molar-refractivity contribution in [2.75, 3.05) is 25.4 Å². The summed E-state index contributed by atoms with van der Waals surface area (Å²) in [5.74, 6) is -0.545. The minimum Gasteiger partial charge on any atom is -0.486 e. The van der Waals surface area contributed by atoms with Crippen molar-refractivity contribution in [3.8, 4) is 16.9 Å². The van der Waals surface area contributed by atoms with Crippen LogP contribution in [0.25, 0.3) is 22.1 Å². The molecule has 1 fully saturated rings. The molecular weight excluding hydrogens is 452 g/mol. The zero-order valence-corrected chi connectivity index (χ0v) is 18.4. The van der Waals surface area contributed by atoms with Gasteiger partial charge in [-0.2, -0.15) is 5.10 Å². The fourth-order valence-electron chi connectivity index (χ4n) is 4.30. The molecule has 1 aliphatic heterocycles. The Morgan fingerprint density at radius 1 is 1.18 bits per heavy atom. The Balaban J connectivity index is 1.43. The third-order valence-electron chi connectivity index (χ3n) is 6.02. The van der Waals surface area contributed by atoms with E-state index in [1.165, 1.54) is 0 Å². The van der Waals surface area contributed by atoms with E-state index in [1.807, 2.05) is 6.20 Å². The van der Waals surface area contributed by atoms with E-state index in [9.17, 15) is 8.78 Å². The maximum absolute atomic E-state index is 14.1. The summed E-state index contributed by atoms with van der Waals surface area (Å²) in [4.78, 5) is 4.26. The molecule has 1 aromatic carbocycles. The Morgan fingerprint density at radius 2 is 1.97 bits per heavy atom. The zero-order chi connectivity index (χ0) is 22.9. The Bertz CT molecular complexity index is 1300. The minimum absolute atomic E-state index is 0.00710. The second-order valence-corrected chi connectivity index (χ2v) is 8.37. The summed E-state index contributed by atoms with van der Waals surface area (Å²) in [6.45, 7) is 1.91. The smallest absolute Gasteiger partial charge is 0.205 e. The molecule has 33 heavy (non-hydrogen) atoms. The third-order valence-corrected chi connectivity index (χ3v) is 6.43. The molecule has 3 aromatic heterocycles. The van der Waals surface area contributed by atoms with Crippen molar-refractivity contribution < 1.29 is 17.9 Å². The highest BCUT2D eigenvalue weighted by molar-refractivity contribution is 6.31. The zero-order valence-electron chi connectivity index (χ0n) is 17.6. The minimum atomic E-state index is -0.684. The van der Waals surface area contributed by atoms with Gasteiger partial charge in [0.2, 0.25) is 5.75 Å². The third kappa shape index (κ3) is 4.02. The molecular formula is C23H22ClF2N5O2. The van der Waals surface area contributed by atoms with Gasteiger partial charge in [0.15, 0.2) is 11.4 Å². The van der Waals surface area contributed by atoms with E-state index in [-0.39, 0.29) is 35.2 Å². The standard InChI is InChI=1S/C23H22ClF2N5O2/c24-19-13(17(25)1-2-18(19)26)5-8-32-22-21-15(9-29-23(22)27)16(11-33-21)14-10-30-31-20(14)12-3-6-28-7-4-12/h1-2,9-12,28H,3-8H2,(H2,27,29)(H,30,31). The summed E-state index contributed by atoms with van der Waals surface area (Å²) in [6.07, 6.45) is 7.19. The number of piperidine rings is 1. The van der Waals surface area contributed by atoms with Gasteiger partial charge in [0, 0.05) is 41.4 Å². The van der Waals surface area contributed by atoms with Crippen LogP contribution in [0.3, 0.4) is 0 Å². The topological polar surface area (TPSA) is 102 Å². The molecule has 0 radical (unpaired) electrons. The van der Waals surface area contributed by atoms with Crippen LogP contribution in [0.4, 0.5) is 14.6 Å². The van der Waals surface area contributed by atoms with E-state index in [4.69, 9.17) is 26.5 Å². The number of fused-ring (bicyclic) bond motifs is 1. The molecule has 4 aromatic rings. The predicted molar refractivity (Wildman–Crippen MR) is 121 cm³/mol. The van der Waals surface area contributed by atoms with Crippen LogP contribution in [0.15, 0.2) is 35.2 Å². The van der Waals surface area contributed by atoms with Gasteiger partial charge in [-0.3, -0.25) is 5.10 Å². The molecule has 0 spiro atoms. The number of aromatic amines is 1. The van der Waals surface area contributed by atoms with Crippen LogP contribution in [0, 0.1) is 11.6 Å². The highest BCUT2D eigenvalue weighted by atomic mass is 35.5. The quantitative estimate of drug-likeness (QED) is 0.347. The monoisotopic (exact) mass is 473 g/mol. The fourth-order valence-corrected chi connectivity index (χ4v) is 4.55. The van der Waals surface area contributed by atoms with Crippen LogP contribution < -0.4 is 15.8 Å². The van der Waals surface area contributed by atoms with Gasteiger partial charge in [0.25, 0.3) is 0 Å². The van der Waals surface area contributed by atoms with E-state index < -0.39 is 11.6 Å². The summed E-state index contributed by atoms with van der Waals surface area (Å²) < 4.78 is 39.4. The summed E-state index contributed by atoms with van der Waals surface area (Å²) in [5, 5.41) is 11.3. The Hall–Kier alpha value is -3.17. The number of hydrogen-bond donors (Lipinski definition) is 3. The molecule has 0 amide bonds. The van der Waals surface area contributed by atoms with Crippen molar-refractivity contribution in [3.05, 3.63) is 58.7 Å². The van der Waals surface area contributed by atoms with E-state index in [1.54, 1.807) is 12.5 Å². The number of pyridine rings is 1. The summed E-state index contributed by atoms with van der Waals surface area (Å²) in [5.41, 5.74) is 9.30. The normalized spacial score (nSPS) is 14.8.